The highest BCUT2D eigenvalue weighted by Crippen LogP contribution is 2.37. The molecule has 1 aromatic carbocycles. The number of halogens is 2. The van der Waals surface area contributed by atoms with Gasteiger partial charge in [-0.25, -0.2) is 4.68 Å². The van der Waals surface area contributed by atoms with E-state index in [0.717, 1.165) is 16.8 Å². The van der Waals surface area contributed by atoms with Crippen LogP contribution in [-0.4, -0.2) is 16.8 Å². The molecule has 2 aromatic heterocycles. The maximum absolute atomic E-state index is 6.26. The Bertz CT molecular complexity index is 736. The van der Waals surface area contributed by atoms with Crippen LogP contribution in [0.25, 0.3) is 5.69 Å². The van der Waals surface area contributed by atoms with Gasteiger partial charge in [-0.05, 0) is 25.2 Å². The van der Waals surface area contributed by atoms with E-state index < -0.39 is 0 Å². The number of nitrogens with one attached hydrogen (secondary N) is 1. The summed E-state index contributed by atoms with van der Waals surface area (Å²) in [5.41, 5.74) is 3.03. The number of rotatable bonds is 4. The Morgan fingerprint density at radius 1 is 1.24 bits per heavy atom. The third-order valence-electron chi connectivity index (χ3n) is 3.24. The molecular formula is C15H13Cl2N3S. The molecule has 3 nitrogen and oxygen atoms in total. The van der Waals surface area contributed by atoms with Crippen molar-refractivity contribution in [2.75, 3.05) is 7.05 Å². The zero-order valence-electron chi connectivity index (χ0n) is 11.3. The number of aromatic nitrogens is 2. The molecule has 1 atom stereocenters. The topological polar surface area (TPSA) is 29.9 Å². The fourth-order valence-electron chi connectivity index (χ4n) is 2.26. The molecule has 1 N–H and O–H groups in total. The van der Waals surface area contributed by atoms with Crippen LogP contribution in [0.4, 0.5) is 0 Å². The normalized spacial score (nSPS) is 12.5. The average molecular weight is 338 g/mol. The summed E-state index contributed by atoms with van der Waals surface area (Å²) in [7, 11) is 1.90. The van der Waals surface area contributed by atoms with Crippen LogP contribution in [0.15, 0.2) is 48.8 Å². The van der Waals surface area contributed by atoms with Gasteiger partial charge in [-0.2, -0.15) is 5.10 Å². The molecule has 0 amide bonds. The van der Waals surface area contributed by atoms with E-state index in [1.165, 1.54) is 11.3 Å². The monoisotopic (exact) mass is 337 g/mol. The molecule has 3 aromatic rings. The van der Waals surface area contributed by atoms with Gasteiger partial charge >= 0.3 is 0 Å². The summed E-state index contributed by atoms with van der Waals surface area (Å²) >= 11 is 13.7. The number of hydrogen-bond donors (Lipinski definition) is 1. The van der Waals surface area contributed by atoms with E-state index in [4.69, 9.17) is 23.2 Å². The van der Waals surface area contributed by atoms with E-state index in [1.54, 1.807) is 0 Å². The van der Waals surface area contributed by atoms with Crippen molar-refractivity contribution < 1.29 is 0 Å². The van der Waals surface area contributed by atoms with Crippen molar-refractivity contribution in [1.29, 1.82) is 0 Å². The molecule has 0 radical (unpaired) electrons. The fraction of sp³-hybridized carbons (Fsp3) is 0.133. The van der Waals surface area contributed by atoms with E-state index >= 15 is 0 Å². The lowest BCUT2D eigenvalue weighted by Crippen LogP contribution is -2.16. The summed E-state index contributed by atoms with van der Waals surface area (Å²) in [4.78, 5) is 0. The lowest BCUT2D eigenvalue weighted by molar-refractivity contribution is 0.694. The van der Waals surface area contributed by atoms with Gasteiger partial charge in [0.05, 0.1) is 26.6 Å². The average Bonchev–Trinajstić information content (AvgIpc) is 3.09. The highest BCUT2D eigenvalue weighted by atomic mass is 35.5. The molecule has 0 aliphatic rings. The molecule has 0 saturated heterocycles. The van der Waals surface area contributed by atoms with Crippen molar-refractivity contribution in [2.45, 2.75) is 6.04 Å². The van der Waals surface area contributed by atoms with Crippen LogP contribution in [-0.2, 0) is 0 Å². The Morgan fingerprint density at radius 2 is 2.00 bits per heavy atom. The first-order valence-corrected chi connectivity index (χ1v) is 7.98. The summed E-state index contributed by atoms with van der Waals surface area (Å²) in [6.45, 7) is 0. The van der Waals surface area contributed by atoms with Gasteiger partial charge in [-0.3, -0.25) is 0 Å². The highest BCUT2D eigenvalue weighted by molar-refractivity contribution is 7.20. The van der Waals surface area contributed by atoms with Crippen LogP contribution in [0.2, 0.25) is 8.67 Å². The van der Waals surface area contributed by atoms with Crippen molar-refractivity contribution in [1.82, 2.24) is 15.1 Å². The third kappa shape index (κ3) is 2.99. The summed E-state index contributed by atoms with van der Waals surface area (Å²) in [5, 5.41) is 7.69. The second-order valence-electron chi connectivity index (χ2n) is 4.56. The summed E-state index contributed by atoms with van der Waals surface area (Å²) in [5.74, 6) is 0. The Labute approximate surface area is 137 Å². The SMILES string of the molecule is CNC(c1cnn(-c2ccccc2)c1)c1cc(Cl)sc1Cl. The van der Waals surface area contributed by atoms with Crippen molar-refractivity contribution in [3.05, 3.63) is 68.6 Å². The zero-order chi connectivity index (χ0) is 14.8. The summed E-state index contributed by atoms with van der Waals surface area (Å²) in [6, 6.07) is 11.9. The van der Waals surface area contributed by atoms with Gasteiger partial charge in [-0.15, -0.1) is 11.3 Å². The van der Waals surface area contributed by atoms with Crippen molar-refractivity contribution in [3.8, 4) is 5.69 Å². The predicted octanol–water partition coefficient (Wildman–Crippen LogP) is 4.55. The minimum Gasteiger partial charge on any atom is -0.309 e. The maximum Gasteiger partial charge on any atom is 0.0995 e. The second kappa shape index (κ2) is 6.20. The number of hydrogen-bond acceptors (Lipinski definition) is 3. The van der Waals surface area contributed by atoms with E-state index in [1.807, 2.05) is 60.5 Å². The van der Waals surface area contributed by atoms with Gasteiger partial charge in [0.2, 0.25) is 0 Å². The number of benzene rings is 1. The standard InChI is InChI=1S/C15H13Cl2N3S/c1-18-14(12-7-13(16)21-15(12)17)10-8-19-20(9-10)11-5-3-2-4-6-11/h2-9,14,18H,1H3. The molecule has 0 spiro atoms. The van der Waals surface area contributed by atoms with E-state index in [-0.39, 0.29) is 6.04 Å². The van der Waals surface area contributed by atoms with Crippen molar-refractivity contribution in [3.63, 3.8) is 0 Å². The smallest absolute Gasteiger partial charge is 0.0995 e. The van der Waals surface area contributed by atoms with Gasteiger partial charge < -0.3 is 5.32 Å². The molecule has 0 saturated carbocycles. The quantitative estimate of drug-likeness (QED) is 0.756. The minimum atomic E-state index is -0.0290. The van der Waals surface area contributed by atoms with Crippen LogP contribution >= 0.6 is 34.5 Å². The lowest BCUT2D eigenvalue weighted by atomic mass is 10.1. The molecule has 0 bridgehead atoms. The molecule has 0 fully saturated rings. The first kappa shape index (κ1) is 14.6. The Balaban J connectivity index is 1.96. The third-order valence-corrected chi connectivity index (χ3v) is 4.76. The molecule has 21 heavy (non-hydrogen) atoms. The van der Waals surface area contributed by atoms with E-state index in [2.05, 4.69) is 10.4 Å². The van der Waals surface area contributed by atoms with Crippen LogP contribution in [0, 0.1) is 0 Å². The molecule has 1 unspecified atom stereocenters. The predicted molar refractivity (Wildman–Crippen MR) is 88.8 cm³/mol. The van der Waals surface area contributed by atoms with Gasteiger partial charge in [-0.1, -0.05) is 41.4 Å². The van der Waals surface area contributed by atoms with Gasteiger partial charge in [0.25, 0.3) is 0 Å². The van der Waals surface area contributed by atoms with Crippen LogP contribution < -0.4 is 5.32 Å². The van der Waals surface area contributed by atoms with E-state index in [0.29, 0.717) is 8.67 Å². The minimum absolute atomic E-state index is 0.0290. The van der Waals surface area contributed by atoms with Crippen molar-refractivity contribution >= 4 is 34.5 Å². The summed E-state index contributed by atoms with van der Waals surface area (Å²) < 4.78 is 3.24. The number of para-hydroxylation sites is 1. The zero-order valence-corrected chi connectivity index (χ0v) is 13.6. The second-order valence-corrected chi connectivity index (χ2v) is 6.84. The molecule has 0 aliphatic carbocycles. The van der Waals surface area contributed by atoms with Gasteiger partial charge in [0.15, 0.2) is 0 Å². The lowest BCUT2D eigenvalue weighted by Gasteiger charge is -2.13. The first-order chi connectivity index (χ1) is 10.2. The first-order valence-electron chi connectivity index (χ1n) is 6.41. The van der Waals surface area contributed by atoms with Crippen LogP contribution in [0.5, 0.6) is 0 Å². The maximum atomic E-state index is 6.26. The highest BCUT2D eigenvalue weighted by Gasteiger charge is 2.19. The van der Waals surface area contributed by atoms with E-state index in [9.17, 15) is 0 Å². The Hall–Kier alpha value is -1.33. The van der Waals surface area contributed by atoms with Crippen LogP contribution in [0.1, 0.15) is 17.2 Å². The fourth-order valence-corrected chi connectivity index (χ4v) is 3.79. The summed E-state index contributed by atoms with van der Waals surface area (Å²) in [6.07, 6.45) is 3.84. The Morgan fingerprint density at radius 3 is 2.62 bits per heavy atom. The number of nitrogens with zero attached hydrogens (tertiary/aromatic N) is 2. The number of thiophene rings is 1. The van der Waals surface area contributed by atoms with Gasteiger partial charge in [0.1, 0.15) is 0 Å². The molecule has 6 heteroatoms. The van der Waals surface area contributed by atoms with Crippen LogP contribution in [0.3, 0.4) is 0 Å². The molecule has 108 valence electrons. The van der Waals surface area contributed by atoms with Crippen molar-refractivity contribution in [2.24, 2.45) is 0 Å². The molecule has 2 heterocycles. The largest absolute Gasteiger partial charge is 0.309 e. The molecule has 3 rings (SSSR count). The van der Waals surface area contributed by atoms with Gasteiger partial charge in [0, 0.05) is 17.3 Å². The Kier molecular flexibility index (Phi) is 4.31. The molecular weight excluding hydrogens is 325 g/mol. The molecule has 0 aliphatic heterocycles.